The third kappa shape index (κ3) is 6.75. The van der Waals surface area contributed by atoms with Crippen LogP contribution in [0.5, 0.6) is 5.75 Å². The number of amides is 2. The molecule has 2 aromatic carbocycles. The third-order valence-corrected chi connectivity index (χ3v) is 3.70. The van der Waals surface area contributed by atoms with Crippen LogP contribution in [0.15, 0.2) is 48.5 Å². The average Bonchev–Trinajstić information content (AvgIpc) is 2.66. The van der Waals surface area contributed by atoms with E-state index in [0.717, 1.165) is 12.2 Å². The summed E-state index contributed by atoms with van der Waals surface area (Å²) in [5.41, 5.74) is 1.67. The Hall–Kier alpha value is -2.86. The van der Waals surface area contributed by atoms with Gasteiger partial charge in [0, 0.05) is 37.1 Å². The van der Waals surface area contributed by atoms with Crippen molar-refractivity contribution in [3.63, 3.8) is 0 Å². The highest BCUT2D eigenvalue weighted by molar-refractivity contribution is 6.05. The first kappa shape index (κ1) is 20.5. The molecule has 0 atom stereocenters. The van der Waals surface area contributed by atoms with Gasteiger partial charge in [-0.2, -0.15) is 0 Å². The molecule has 0 aliphatic rings. The van der Waals surface area contributed by atoms with Gasteiger partial charge in [-0.1, -0.05) is 0 Å². The number of hydrogen-bond donors (Lipinski definition) is 2. The van der Waals surface area contributed by atoms with Crippen molar-refractivity contribution in [3.05, 3.63) is 59.7 Å². The topological polar surface area (TPSA) is 76.7 Å². The Morgan fingerprint density at radius 2 is 1.52 bits per heavy atom. The Balaban J connectivity index is 1.90. The van der Waals surface area contributed by atoms with Gasteiger partial charge in [0.25, 0.3) is 11.8 Å². The molecule has 6 heteroatoms. The summed E-state index contributed by atoms with van der Waals surface area (Å²) < 4.78 is 10.5. The fourth-order valence-electron chi connectivity index (χ4n) is 2.39. The Labute approximate surface area is 159 Å². The molecule has 2 amide bonds. The second-order valence-corrected chi connectivity index (χ2v) is 6.32. The molecule has 0 fully saturated rings. The summed E-state index contributed by atoms with van der Waals surface area (Å²) in [6.45, 7) is 5.06. The molecule has 0 saturated heterocycles. The number of benzene rings is 2. The number of carbonyl (C=O) groups is 2. The first-order valence-electron chi connectivity index (χ1n) is 8.95. The molecule has 0 aliphatic carbocycles. The summed E-state index contributed by atoms with van der Waals surface area (Å²) in [7, 11) is 1.62. The molecule has 0 spiro atoms. The molecular formula is C21H26N2O4. The number of carbonyl (C=O) groups excluding carboxylic acids is 2. The van der Waals surface area contributed by atoms with Crippen molar-refractivity contribution in [3.8, 4) is 5.75 Å². The quantitative estimate of drug-likeness (QED) is 0.663. The van der Waals surface area contributed by atoms with Gasteiger partial charge in [0.15, 0.2) is 0 Å². The number of nitrogens with one attached hydrogen (secondary N) is 2. The van der Waals surface area contributed by atoms with E-state index in [4.69, 9.17) is 9.47 Å². The molecule has 2 N–H and O–H groups in total. The standard InChI is InChI=1S/C21H26N2O4/c1-15(2)27-19-11-9-18(10-12-19)23-21(25)17-7-5-16(6-8-17)20(24)22-13-4-14-26-3/h5-12,15H,4,13-14H2,1-3H3,(H,22,24)(H,23,25). The van der Waals surface area contributed by atoms with Crippen LogP contribution in [0.2, 0.25) is 0 Å². The van der Waals surface area contributed by atoms with Gasteiger partial charge in [0.1, 0.15) is 5.75 Å². The van der Waals surface area contributed by atoms with E-state index in [1.54, 1.807) is 43.5 Å². The second-order valence-electron chi connectivity index (χ2n) is 6.32. The summed E-state index contributed by atoms with van der Waals surface area (Å²) in [4.78, 5) is 24.4. The summed E-state index contributed by atoms with van der Waals surface area (Å²) in [6, 6.07) is 13.7. The van der Waals surface area contributed by atoms with Gasteiger partial charge in [0.2, 0.25) is 0 Å². The number of hydrogen-bond acceptors (Lipinski definition) is 4. The van der Waals surface area contributed by atoms with Crippen LogP contribution < -0.4 is 15.4 Å². The molecule has 0 aromatic heterocycles. The fourth-order valence-corrected chi connectivity index (χ4v) is 2.39. The van der Waals surface area contributed by atoms with Crippen molar-refractivity contribution in [1.82, 2.24) is 5.32 Å². The minimum Gasteiger partial charge on any atom is -0.491 e. The minimum atomic E-state index is -0.236. The van der Waals surface area contributed by atoms with Gasteiger partial charge in [-0.15, -0.1) is 0 Å². The molecule has 0 heterocycles. The third-order valence-electron chi connectivity index (χ3n) is 3.70. The van der Waals surface area contributed by atoms with E-state index in [2.05, 4.69) is 10.6 Å². The lowest BCUT2D eigenvalue weighted by Gasteiger charge is -2.11. The molecular weight excluding hydrogens is 344 g/mol. The highest BCUT2D eigenvalue weighted by Gasteiger charge is 2.09. The predicted octanol–water partition coefficient (Wildman–Crippen LogP) is 3.49. The fraction of sp³-hybridized carbons (Fsp3) is 0.333. The lowest BCUT2D eigenvalue weighted by Crippen LogP contribution is -2.25. The Morgan fingerprint density at radius 1 is 0.926 bits per heavy atom. The van der Waals surface area contributed by atoms with E-state index >= 15 is 0 Å². The zero-order valence-electron chi connectivity index (χ0n) is 16.0. The van der Waals surface area contributed by atoms with Crippen LogP contribution in [0.1, 0.15) is 41.0 Å². The van der Waals surface area contributed by atoms with Crippen LogP contribution in [0.4, 0.5) is 5.69 Å². The van der Waals surface area contributed by atoms with E-state index < -0.39 is 0 Å². The number of ether oxygens (including phenoxy) is 2. The van der Waals surface area contributed by atoms with Crippen LogP contribution in [0.3, 0.4) is 0 Å². The largest absolute Gasteiger partial charge is 0.491 e. The minimum absolute atomic E-state index is 0.0983. The van der Waals surface area contributed by atoms with Crippen molar-refractivity contribution in [2.24, 2.45) is 0 Å². The molecule has 144 valence electrons. The molecule has 0 radical (unpaired) electrons. The normalized spacial score (nSPS) is 10.5. The second kappa shape index (κ2) is 10.3. The zero-order valence-corrected chi connectivity index (χ0v) is 16.0. The highest BCUT2D eigenvalue weighted by atomic mass is 16.5. The number of rotatable bonds is 9. The van der Waals surface area contributed by atoms with Crippen molar-refractivity contribution >= 4 is 17.5 Å². The number of anilines is 1. The first-order chi connectivity index (χ1) is 13.0. The van der Waals surface area contributed by atoms with Crippen molar-refractivity contribution in [2.45, 2.75) is 26.4 Å². The lowest BCUT2D eigenvalue weighted by atomic mass is 10.1. The van der Waals surface area contributed by atoms with E-state index in [0.29, 0.717) is 30.0 Å². The van der Waals surface area contributed by atoms with Crippen LogP contribution in [-0.4, -0.2) is 38.2 Å². The van der Waals surface area contributed by atoms with Crippen LogP contribution >= 0.6 is 0 Å². The van der Waals surface area contributed by atoms with E-state index in [1.165, 1.54) is 0 Å². The molecule has 0 saturated carbocycles. The van der Waals surface area contributed by atoms with Crippen LogP contribution in [-0.2, 0) is 4.74 Å². The predicted molar refractivity (Wildman–Crippen MR) is 105 cm³/mol. The highest BCUT2D eigenvalue weighted by Crippen LogP contribution is 2.17. The van der Waals surface area contributed by atoms with Gasteiger partial charge in [0.05, 0.1) is 6.10 Å². The lowest BCUT2D eigenvalue weighted by molar-refractivity contribution is 0.0946. The summed E-state index contributed by atoms with van der Waals surface area (Å²) >= 11 is 0. The van der Waals surface area contributed by atoms with Gasteiger partial charge < -0.3 is 20.1 Å². The zero-order chi connectivity index (χ0) is 19.6. The van der Waals surface area contributed by atoms with E-state index in [-0.39, 0.29) is 17.9 Å². The molecule has 27 heavy (non-hydrogen) atoms. The van der Waals surface area contributed by atoms with Crippen molar-refractivity contribution < 1.29 is 19.1 Å². The summed E-state index contributed by atoms with van der Waals surface area (Å²) in [5, 5.41) is 5.64. The molecule has 2 aromatic rings. The Morgan fingerprint density at radius 3 is 2.07 bits per heavy atom. The number of methoxy groups -OCH3 is 1. The van der Waals surface area contributed by atoms with Crippen molar-refractivity contribution in [2.75, 3.05) is 25.6 Å². The van der Waals surface area contributed by atoms with Gasteiger partial charge in [-0.05, 0) is 68.8 Å². The van der Waals surface area contributed by atoms with E-state index in [9.17, 15) is 9.59 Å². The maximum absolute atomic E-state index is 12.3. The molecule has 2 rings (SSSR count). The van der Waals surface area contributed by atoms with E-state index in [1.807, 2.05) is 26.0 Å². The summed E-state index contributed by atoms with van der Waals surface area (Å²) in [5.74, 6) is 0.349. The Bertz CT molecular complexity index is 740. The van der Waals surface area contributed by atoms with Gasteiger partial charge >= 0.3 is 0 Å². The average molecular weight is 370 g/mol. The molecule has 0 unspecified atom stereocenters. The summed E-state index contributed by atoms with van der Waals surface area (Å²) in [6.07, 6.45) is 0.852. The van der Waals surface area contributed by atoms with Gasteiger partial charge in [-0.3, -0.25) is 9.59 Å². The van der Waals surface area contributed by atoms with Crippen molar-refractivity contribution in [1.29, 1.82) is 0 Å². The monoisotopic (exact) mass is 370 g/mol. The molecule has 0 bridgehead atoms. The molecule has 6 nitrogen and oxygen atoms in total. The van der Waals surface area contributed by atoms with Crippen LogP contribution in [0, 0.1) is 0 Å². The first-order valence-corrected chi connectivity index (χ1v) is 8.95. The maximum atomic E-state index is 12.3. The SMILES string of the molecule is COCCCNC(=O)c1ccc(C(=O)Nc2ccc(OC(C)C)cc2)cc1. The van der Waals surface area contributed by atoms with Gasteiger partial charge in [-0.25, -0.2) is 0 Å². The maximum Gasteiger partial charge on any atom is 0.255 e. The molecule has 0 aliphatic heterocycles. The Kier molecular flexibility index (Phi) is 7.82. The van der Waals surface area contributed by atoms with Crippen LogP contribution in [0.25, 0.3) is 0 Å². The smallest absolute Gasteiger partial charge is 0.255 e.